The monoisotopic (exact) mass is 232 g/mol. The quantitative estimate of drug-likeness (QED) is 0.860. The summed E-state index contributed by atoms with van der Waals surface area (Å²) >= 11 is 0. The van der Waals surface area contributed by atoms with Crippen LogP contribution < -0.4 is 10.1 Å². The average Bonchev–Trinajstić information content (AvgIpc) is 2.89. The first kappa shape index (κ1) is 11.7. The van der Waals surface area contributed by atoms with E-state index in [0.717, 1.165) is 11.5 Å². The molecule has 0 saturated carbocycles. The van der Waals surface area contributed by atoms with Crippen molar-refractivity contribution in [2.45, 2.75) is 19.6 Å². The highest BCUT2D eigenvalue weighted by Crippen LogP contribution is 2.18. The van der Waals surface area contributed by atoms with Gasteiger partial charge in [-0.2, -0.15) is 0 Å². The largest absolute Gasteiger partial charge is 0.486 e. The van der Waals surface area contributed by atoms with Gasteiger partial charge in [0.15, 0.2) is 5.76 Å². The fourth-order valence-electron chi connectivity index (χ4n) is 1.49. The second-order valence-electron chi connectivity index (χ2n) is 3.85. The lowest BCUT2D eigenvalue weighted by Gasteiger charge is -2.11. The molecule has 1 N–H and O–H groups in total. The fraction of sp³-hybridized carbons (Fsp3) is 0.308. The first-order chi connectivity index (χ1) is 8.29. The summed E-state index contributed by atoms with van der Waals surface area (Å²) in [6.07, 6.45) is 1.61. The minimum Gasteiger partial charge on any atom is -0.486 e. The Balaban J connectivity index is 1.94. The zero-order valence-electron chi connectivity index (χ0n) is 10.0. The van der Waals surface area contributed by atoms with E-state index in [2.05, 4.69) is 29.5 Å². The lowest BCUT2D eigenvalue weighted by atomic mass is 10.1. The maximum Gasteiger partial charge on any atom is 0.174 e. The smallest absolute Gasteiger partial charge is 0.174 e. The number of ether oxygens (including phenoxy) is 1. The molecule has 1 atom stereocenters. The molecule has 0 saturated heterocycles. The molecule has 0 aliphatic rings. The number of aromatic nitrogens is 1. The molecule has 0 fully saturated rings. The third kappa shape index (κ3) is 3.07. The van der Waals surface area contributed by atoms with E-state index in [1.54, 1.807) is 12.3 Å². The van der Waals surface area contributed by atoms with E-state index < -0.39 is 0 Å². The molecule has 17 heavy (non-hydrogen) atoms. The third-order valence-corrected chi connectivity index (χ3v) is 2.69. The first-order valence-corrected chi connectivity index (χ1v) is 5.59. The van der Waals surface area contributed by atoms with Gasteiger partial charge in [0.05, 0.1) is 6.20 Å². The Morgan fingerprint density at radius 1 is 1.29 bits per heavy atom. The Morgan fingerprint density at radius 3 is 2.65 bits per heavy atom. The van der Waals surface area contributed by atoms with Crippen molar-refractivity contribution in [3.05, 3.63) is 47.9 Å². The number of nitrogens with zero attached hydrogens (tertiary/aromatic N) is 1. The fourth-order valence-corrected chi connectivity index (χ4v) is 1.49. The third-order valence-electron chi connectivity index (χ3n) is 2.69. The Morgan fingerprint density at radius 2 is 2.06 bits per heavy atom. The van der Waals surface area contributed by atoms with Crippen molar-refractivity contribution >= 4 is 0 Å². The summed E-state index contributed by atoms with van der Waals surface area (Å²) in [6, 6.07) is 10.2. The van der Waals surface area contributed by atoms with Crippen LogP contribution in [0.15, 0.2) is 41.1 Å². The van der Waals surface area contributed by atoms with Gasteiger partial charge in [0, 0.05) is 12.1 Å². The van der Waals surface area contributed by atoms with Gasteiger partial charge in [0.25, 0.3) is 0 Å². The normalized spacial score (nSPS) is 12.4. The van der Waals surface area contributed by atoms with Gasteiger partial charge in [0.2, 0.25) is 0 Å². The van der Waals surface area contributed by atoms with Gasteiger partial charge < -0.3 is 14.6 Å². The van der Waals surface area contributed by atoms with E-state index in [-0.39, 0.29) is 0 Å². The predicted octanol–water partition coefficient (Wildman–Crippen LogP) is 2.53. The standard InChI is InChI=1S/C13H16N2O2/c1-10(14-2)11-3-5-12(6-4-11)16-9-13-7-8-15-17-13/h3-8,10,14H,9H2,1-2H3. The van der Waals surface area contributed by atoms with Crippen LogP contribution in [0.4, 0.5) is 0 Å². The van der Waals surface area contributed by atoms with Crippen molar-refractivity contribution in [2.75, 3.05) is 7.05 Å². The molecule has 1 heterocycles. The lowest BCUT2D eigenvalue weighted by molar-refractivity contribution is 0.249. The van der Waals surface area contributed by atoms with E-state index in [1.807, 2.05) is 19.2 Å². The number of hydrogen-bond donors (Lipinski definition) is 1. The molecule has 4 nitrogen and oxygen atoms in total. The molecule has 2 aromatic rings. The van der Waals surface area contributed by atoms with Gasteiger partial charge in [-0.15, -0.1) is 0 Å². The summed E-state index contributed by atoms with van der Waals surface area (Å²) in [7, 11) is 1.94. The SMILES string of the molecule is CNC(C)c1ccc(OCc2ccno2)cc1. The van der Waals surface area contributed by atoms with Crippen molar-refractivity contribution in [3.63, 3.8) is 0 Å². The molecule has 1 unspecified atom stereocenters. The molecule has 90 valence electrons. The second kappa shape index (κ2) is 5.50. The van der Waals surface area contributed by atoms with Crippen LogP contribution in [-0.2, 0) is 6.61 Å². The Hall–Kier alpha value is -1.81. The van der Waals surface area contributed by atoms with Gasteiger partial charge in [-0.1, -0.05) is 17.3 Å². The zero-order chi connectivity index (χ0) is 12.1. The van der Waals surface area contributed by atoms with Crippen LogP contribution in [0.3, 0.4) is 0 Å². The van der Waals surface area contributed by atoms with Crippen LogP contribution in [0, 0.1) is 0 Å². The number of benzene rings is 1. The van der Waals surface area contributed by atoms with Crippen molar-refractivity contribution in [1.82, 2.24) is 10.5 Å². The van der Waals surface area contributed by atoms with Gasteiger partial charge in [-0.25, -0.2) is 0 Å². The van der Waals surface area contributed by atoms with E-state index >= 15 is 0 Å². The van der Waals surface area contributed by atoms with E-state index in [0.29, 0.717) is 12.6 Å². The van der Waals surface area contributed by atoms with Crippen molar-refractivity contribution in [3.8, 4) is 5.75 Å². The molecule has 0 amide bonds. The van der Waals surface area contributed by atoms with E-state index in [4.69, 9.17) is 9.26 Å². The molecule has 2 rings (SSSR count). The number of hydrogen-bond acceptors (Lipinski definition) is 4. The average molecular weight is 232 g/mol. The van der Waals surface area contributed by atoms with Crippen LogP contribution in [0.25, 0.3) is 0 Å². The molecule has 0 aliphatic carbocycles. The van der Waals surface area contributed by atoms with Crippen LogP contribution in [0.1, 0.15) is 24.3 Å². The lowest BCUT2D eigenvalue weighted by Crippen LogP contribution is -2.11. The molecule has 1 aromatic heterocycles. The first-order valence-electron chi connectivity index (χ1n) is 5.59. The van der Waals surface area contributed by atoms with Crippen LogP contribution in [0.5, 0.6) is 5.75 Å². The molecule has 0 bridgehead atoms. The zero-order valence-corrected chi connectivity index (χ0v) is 10.0. The predicted molar refractivity (Wildman–Crippen MR) is 64.8 cm³/mol. The highest BCUT2D eigenvalue weighted by Gasteiger charge is 2.03. The van der Waals surface area contributed by atoms with Gasteiger partial charge in [0.1, 0.15) is 12.4 Å². The molecule has 0 aliphatic heterocycles. The van der Waals surface area contributed by atoms with Crippen LogP contribution >= 0.6 is 0 Å². The van der Waals surface area contributed by atoms with Gasteiger partial charge >= 0.3 is 0 Å². The second-order valence-corrected chi connectivity index (χ2v) is 3.85. The highest BCUT2D eigenvalue weighted by molar-refractivity contribution is 5.28. The van der Waals surface area contributed by atoms with Gasteiger partial charge in [-0.05, 0) is 31.7 Å². The summed E-state index contributed by atoms with van der Waals surface area (Å²) in [5.74, 6) is 1.55. The van der Waals surface area contributed by atoms with Crippen molar-refractivity contribution in [2.24, 2.45) is 0 Å². The Labute approximate surface area is 101 Å². The summed E-state index contributed by atoms with van der Waals surface area (Å²) < 4.78 is 10.5. The van der Waals surface area contributed by atoms with Gasteiger partial charge in [-0.3, -0.25) is 0 Å². The summed E-state index contributed by atoms with van der Waals surface area (Å²) in [5, 5.41) is 6.81. The maximum absolute atomic E-state index is 5.56. The summed E-state index contributed by atoms with van der Waals surface area (Å²) in [4.78, 5) is 0. The molecular weight excluding hydrogens is 216 g/mol. The van der Waals surface area contributed by atoms with Crippen LogP contribution in [-0.4, -0.2) is 12.2 Å². The molecular formula is C13H16N2O2. The molecule has 1 aromatic carbocycles. The minimum atomic E-state index is 0.346. The van der Waals surface area contributed by atoms with Crippen LogP contribution in [0.2, 0.25) is 0 Å². The summed E-state index contributed by atoms with van der Waals surface area (Å²) in [6.45, 7) is 2.52. The topological polar surface area (TPSA) is 47.3 Å². The van der Waals surface area contributed by atoms with Crippen molar-refractivity contribution < 1.29 is 9.26 Å². The number of nitrogens with one attached hydrogen (secondary N) is 1. The highest BCUT2D eigenvalue weighted by atomic mass is 16.5. The Bertz CT molecular complexity index is 437. The molecule has 0 radical (unpaired) electrons. The number of rotatable bonds is 5. The summed E-state index contributed by atoms with van der Waals surface area (Å²) in [5.41, 5.74) is 1.24. The van der Waals surface area contributed by atoms with E-state index in [9.17, 15) is 0 Å². The van der Waals surface area contributed by atoms with Crippen molar-refractivity contribution in [1.29, 1.82) is 0 Å². The maximum atomic E-state index is 5.56. The molecule has 0 spiro atoms. The minimum absolute atomic E-state index is 0.346. The molecule has 4 heteroatoms. The van der Waals surface area contributed by atoms with E-state index in [1.165, 1.54) is 5.56 Å². The Kier molecular flexibility index (Phi) is 3.77.